The number of allylic oxidation sites excluding steroid dienone is 2. The lowest BCUT2D eigenvalue weighted by molar-refractivity contribution is -0.0421. The molecule has 2 atom stereocenters. The molecule has 218 valence electrons. The lowest BCUT2D eigenvalue weighted by Gasteiger charge is -2.41. The molecule has 1 aliphatic heterocycles. The van der Waals surface area contributed by atoms with Gasteiger partial charge in [0.15, 0.2) is 11.6 Å². The summed E-state index contributed by atoms with van der Waals surface area (Å²) in [6, 6.07) is 10.9. The number of hydrogen-bond acceptors (Lipinski definition) is 2. The van der Waals surface area contributed by atoms with Crippen LogP contribution in [0.15, 0.2) is 48.6 Å². The average molecular weight is 551 g/mol. The van der Waals surface area contributed by atoms with Crippen LogP contribution in [0.25, 0.3) is 11.1 Å². The molecule has 0 radical (unpaired) electrons. The monoisotopic (exact) mass is 550 g/mol. The Morgan fingerprint density at radius 3 is 2.00 bits per heavy atom. The van der Waals surface area contributed by atoms with E-state index in [0.29, 0.717) is 18.1 Å². The van der Waals surface area contributed by atoms with Crippen LogP contribution in [0.2, 0.25) is 0 Å². The lowest BCUT2D eigenvalue weighted by Crippen LogP contribution is -2.32. The molecule has 5 rings (SSSR count). The molecule has 0 aromatic heterocycles. The Balaban J connectivity index is 1.07. The molecule has 2 aromatic carbocycles. The van der Waals surface area contributed by atoms with E-state index in [9.17, 15) is 8.78 Å². The Hall–Kier alpha value is -2.20. The van der Waals surface area contributed by atoms with Gasteiger partial charge in [0.25, 0.3) is 0 Å². The molecule has 0 N–H and O–H groups in total. The molecule has 2 aromatic rings. The van der Waals surface area contributed by atoms with Crippen LogP contribution in [-0.2, 0) is 4.74 Å². The molecule has 1 heterocycles. The fourth-order valence-electron chi connectivity index (χ4n) is 7.84. The highest BCUT2D eigenvalue weighted by Gasteiger charge is 2.35. The molecule has 1 saturated heterocycles. The molecule has 2 saturated carbocycles. The van der Waals surface area contributed by atoms with E-state index in [0.717, 1.165) is 42.3 Å². The second kappa shape index (κ2) is 14.1. The van der Waals surface area contributed by atoms with Gasteiger partial charge in [-0.15, -0.1) is 0 Å². The second-order valence-electron chi connectivity index (χ2n) is 12.6. The number of halogens is 2. The zero-order valence-electron chi connectivity index (χ0n) is 24.6. The zero-order valence-corrected chi connectivity index (χ0v) is 24.6. The minimum absolute atomic E-state index is 0.0441. The van der Waals surface area contributed by atoms with Crippen LogP contribution in [0.1, 0.15) is 103 Å². The van der Waals surface area contributed by atoms with Crippen LogP contribution in [0, 0.1) is 41.2 Å². The van der Waals surface area contributed by atoms with Crippen LogP contribution >= 0.6 is 0 Å². The summed E-state index contributed by atoms with van der Waals surface area (Å²) in [6.07, 6.45) is 20.9. The van der Waals surface area contributed by atoms with E-state index in [1.54, 1.807) is 13.0 Å². The Kier molecular flexibility index (Phi) is 10.3. The first-order valence-corrected chi connectivity index (χ1v) is 16.0. The maximum Gasteiger partial charge on any atom is 0.201 e. The van der Waals surface area contributed by atoms with Crippen molar-refractivity contribution in [3.8, 4) is 16.9 Å². The highest BCUT2D eigenvalue weighted by molar-refractivity contribution is 5.65. The SMILES string of the molecule is CC=CCCC1CCC(C2CCC(C3CCC(c4ccc(-c5ccc(OCC)c(F)c5F)cc4)OC3)CC2)CC1. The van der Waals surface area contributed by atoms with Gasteiger partial charge < -0.3 is 9.47 Å². The van der Waals surface area contributed by atoms with E-state index in [1.165, 1.54) is 76.7 Å². The highest BCUT2D eigenvalue weighted by atomic mass is 19.2. The smallest absolute Gasteiger partial charge is 0.201 e. The molecular weight excluding hydrogens is 502 g/mol. The Morgan fingerprint density at radius 1 is 0.775 bits per heavy atom. The van der Waals surface area contributed by atoms with E-state index in [-0.39, 0.29) is 17.4 Å². The first-order valence-electron chi connectivity index (χ1n) is 16.0. The second-order valence-corrected chi connectivity index (χ2v) is 12.6. The number of benzene rings is 2. The van der Waals surface area contributed by atoms with Crippen LogP contribution in [-0.4, -0.2) is 13.2 Å². The first-order chi connectivity index (χ1) is 19.6. The molecule has 0 bridgehead atoms. The fourth-order valence-corrected chi connectivity index (χ4v) is 7.84. The minimum Gasteiger partial charge on any atom is -0.491 e. The third kappa shape index (κ3) is 6.98. The summed E-state index contributed by atoms with van der Waals surface area (Å²) in [5.74, 6) is 2.55. The van der Waals surface area contributed by atoms with Crippen molar-refractivity contribution in [1.29, 1.82) is 0 Å². The van der Waals surface area contributed by atoms with Gasteiger partial charge in [-0.3, -0.25) is 0 Å². The summed E-state index contributed by atoms with van der Waals surface area (Å²) in [5.41, 5.74) is 2.04. The molecule has 4 heteroatoms. The van der Waals surface area contributed by atoms with Gasteiger partial charge in [0.2, 0.25) is 5.82 Å². The molecule has 3 aliphatic rings. The number of hydrogen-bond donors (Lipinski definition) is 0. The predicted molar refractivity (Wildman–Crippen MR) is 159 cm³/mol. The van der Waals surface area contributed by atoms with Crippen molar-refractivity contribution < 1.29 is 18.3 Å². The summed E-state index contributed by atoms with van der Waals surface area (Å²) >= 11 is 0. The van der Waals surface area contributed by atoms with Gasteiger partial charge in [0.1, 0.15) is 0 Å². The van der Waals surface area contributed by atoms with Gasteiger partial charge in [-0.05, 0) is 131 Å². The average Bonchev–Trinajstić information content (AvgIpc) is 3.01. The van der Waals surface area contributed by atoms with Crippen molar-refractivity contribution in [3.05, 3.63) is 65.7 Å². The van der Waals surface area contributed by atoms with E-state index >= 15 is 0 Å². The van der Waals surface area contributed by atoms with Crippen molar-refractivity contribution >= 4 is 0 Å². The van der Waals surface area contributed by atoms with Crippen LogP contribution in [0.4, 0.5) is 8.78 Å². The van der Waals surface area contributed by atoms with Gasteiger partial charge in [0, 0.05) is 5.56 Å². The Morgan fingerprint density at radius 2 is 1.40 bits per heavy atom. The summed E-state index contributed by atoms with van der Waals surface area (Å²) in [6.45, 7) is 5.03. The van der Waals surface area contributed by atoms with Crippen LogP contribution < -0.4 is 4.74 Å². The third-order valence-corrected chi connectivity index (χ3v) is 10.3. The van der Waals surface area contributed by atoms with E-state index in [1.807, 2.05) is 24.3 Å². The van der Waals surface area contributed by atoms with E-state index in [4.69, 9.17) is 9.47 Å². The lowest BCUT2D eigenvalue weighted by atomic mass is 9.66. The summed E-state index contributed by atoms with van der Waals surface area (Å²) in [4.78, 5) is 0. The quantitative estimate of drug-likeness (QED) is 0.289. The molecule has 0 spiro atoms. The fraction of sp³-hybridized carbons (Fsp3) is 0.611. The molecule has 2 aliphatic carbocycles. The van der Waals surface area contributed by atoms with Crippen molar-refractivity contribution in [3.63, 3.8) is 0 Å². The molecule has 40 heavy (non-hydrogen) atoms. The van der Waals surface area contributed by atoms with E-state index < -0.39 is 11.6 Å². The zero-order chi connectivity index (χ0) is 27.9. The van der Waals surface area contributed by atoms with Gasteiger partial charge in [0.05, 0.1) is 19.3 Å². The molecule has 3 fully saturated rings. The minimum atomic E-state index is -0.929. The topological polar surface area (TPSA) is 18.5 Å². The summed E-state index contributed by atoms with van der Waals surface area (Å²) in [5, 5.41) is 0. The Bertz CT molecular complexity index is 1090. The number of rotatable bonds is 9. The maximum absolute atomic E-state index is 14.7. The largest absolute Gasteiger partial charge is 0.491 e. The molecule has 2 nitrogen and oxygen atoms in total. The van der Waals surface area contributed by atoms with Gasteiger partial charge >= 0.3 is 0 Å². The predicted octanol–water partition coefficient (Wildman–Crippen LogP) is 10.5. The molecular formula is C36H48F2O2. The maximum atomic E-state index is 14.7. The van der Waals surface area contributed by atoms with Crippen LogP contribution in [0.5, 0.6) is 5.75 Å². The summed E-state index contributed by atoms with van der Waals surface area (Å²) < 4.78 is 40.6. The standard InChI is InChI=1S/C36H48F2O2/c1-3-5-6-7-25-8-10-26(11-9-25)27-12-14-28(15-13-27)31-20-22-33(40-24-31)30-18-16-29(17-19-30)32-21-23-34(39-4-2)36(38)35(32)37/h3,5,16-19,21,23,25-28,31,33H,4,6-15,20,22,24H2,1-2H3. The Labute approximate surface area is 240 Å². The van der Waals surface area contributed by atoms with E-state index in [2.05, 4.69) is 19.1 Å². The first kappa shape index (κ1) is 29.3. The van der Waals surface area contributed by atoms with Gasteiger partial charge in [-0.2, -0.15) is 4.39 Å². The molecule has 0 amide bonds. The molecule has 2 unspecified atom stereocenters. The van der Waals surface area contributed by atoms with Crippen molar-refractivity contribution in [2.24, 2.45) is 29.6 Å². The van der Waals surface area contributed by atoms with Crippen molar-refractivity contribution in [2.75, 3.05) is 13.2 Å². The summed E-state index contributed by atoms with van der Waals surface area (Å²) in [7, 11) is 0. The van der Waals surface area contributed by atoms with Crippen molar-refractivity contribution in [1.82, 2.24) is 0 Å². The van der Waals surface area contributed by atoms with Gasteiger partial charge in [-0.25, -0.2) is 4.39 Å². The number of ether oxygens (including phenoxy) is 2. The third-order valence-electron chi connectivity index (χ3n) is 10.3. The van der Waals surface area contributed by atoms with Gasteiger partial charge in [-0.1, -0.05) is 49.3 Å². The normalized spacial score (nSPS) is 29.5. The highest BCUT2D eigenvalue weighted by Crippen LogP contribution is 2.46. The van der Waals surface area contributed by atoms with Crippen LogP contribution in [0.3, 0.4) is 0 Å². The van der Waals surface area contributed by atoms with Crippen molar-refractivity contribution in [2.45, 2.75) is 97.0 Å².